The Balaban J connectivity index is 2.02. The number of rotatable bonds is 5. The molecule has 8 heteroatoms. The summed E-state index contributed by atoms with van der Waals surface area (Å²) in [5, 5.41) is 3.78. The Hall–Kier alpha value is 0.340. The van der Waals surface area contributed by atoms with Crippen LogP contribution in [0.1, 0.15) is 19.8 Å². The lowest BCUT2D eigenvalue weighted by Gasteiger charge is -2.30. The van der Waals surface area contributed by atoms with Gasteiger partial charge in [0.05, 0.1) is 8.81 Å². The fourth-order valence-electron chi connectivity index (χ4n) is 2.28. The van der Waals surface area contributed by atoms with E-state index in [9.17, 15) is 8.42 Å². The quantitative estimate of drug-likeness (QED) is 0.824. The maximum atomic E-state index is 12.5. The fourth-order valence-corrected chi connectivity index (χ4v) is 6.31. The summed E-state index contributed by atoms with van der Waals surface area (Å²) in [5.74, 6) is 0.569. The first-order valence-electron chi connectivity index (χ1n) is 6.61. The minimum absolute atomic E-state index is 0.319. The zero-order valence-electron chi connectivity index (χ0n) is 11.2. The van der Waals surface area contributed by atoms with E-state index in [4.69, 9.17) is 11.6 Å². The number of piperidine rings is 1. The van der Waals surface area contributed by atoms with Gasteiger partial charge in [-0.1, -0.05) is 18.5 Å². The highest BCUT2D eigenvalue weighted by atomic mass is 79.9. The van der Waals surface area contributed by atoms with Crippen LogP contribution >= 0.6 is 38.9 Å². The van der Waals surface area contributed by atoms with Crippen molar-refractivity contribution in [2.24, 2.45) is 5.92 Å². The standard InChI is InChI=1S/C12H18BrClN2O2S2/c1-2-15-8-9-3-5-16(6-4-9)20(17,18)11-7-10(14)12(13)19-11/h7,9,15H,2-6,8H2,1H3. The van der Waals surface area contributed by atoms with Gasteiger partial charge in [-0.05, 0) is 53.8 Å². The van der Waals surface area contributed by atoms with E-state index in [2.05, 4.69) is 28.2 Å². The van der Waals surface area contributed by atoms with E-state index in [-0.39, 0.29) is 0 Å². The molecule has 0 amide bonds. The monoisotopic (exact) mass is 400 g/mol. The molecule has 20 heavy (non-hydrogen) atoms. The van der Waals surface area contributed by atoms with Gasteiger partial charge < -0.3 is 5.32 Å². The Morgan fingerprint density at radius 1 is 1.50 bits per heavy atom. The molecular weight excluding hydrogens is 384 g/mol. The molecule has 1 saturated heterocycles. The number of halogens is 2. The number of hydrogen-bond acceptors (Lipinski definition) is 4. The van der Waals surface area contributed by atoms with Gasteiger partial charge in [-0.3, -0.25) is 0 Å². The summed E-state index contributed by atoms with van der Waals surface area (Å²) >= 11 is 10.4. The third kappa shape index (κ3) is 3.75. The molecule has 0 unspecified atom stereocenters. The third-order valence-corrected chi connectivity index (χ3v) is 8.30. The van der Waals surface area contributed by atoms with E-state index < -0.39 is 10.0 Å². The first-order valence-corrected chi connectivity index (χ1v) is 10.0. The predicted molar refractivity (Wildman–Crippen MR) is 87.1 cm³/mol. The lowest BCUT2D eigenvalue weighted by molar-refractivity contribution is 0.269. The summed E-state index contributed by atoms with van der Waals surface area (Å²) in [5.41, 5.74) is 0. The van der Waals surface area contributed by atoms with Gasteiger partial charge in [0, 0.05) is 13.1 Å². The summed E-state index contributed by atoms with van der Waals surface area (Å²) in [4.78, 5) is 0. The van der Waals surface area contributed by atoms with Gasteiger partial charge in [0.25, 0.3) is 10.0 Å². The Morgan fingerprint density at radius 3 is 2.65 bits per heavy atom. The minimum Gasteiger partial charge on any atom is -0.317 e. The second-order valence-corrected chi connectivity index (χ2v) is 9.78. The van der Waals surface area contributed by atoms with Crippen molar-refractivity contribution in [3.63, 3.8) is 0 Å². The molecule has 0 radical (unpaired) electrons. The molecule has 1 aromatic rings. The van der Waals surface area contributed by atoms with Crippen LogP contribution in [0.2, 0.25) is 5.02 Å². The highest BCUT2D eigenvalue weighted by Gasteiger charge is 2.30. The summed E-state index contributed by atoms with van der Waals surface area (Å²) < 4.78 is 27.6. The van der Waals surface area contributed by atoms with Gasteiger partial charge >= 0.3 is 0 Å². The molecule has 1 aliphatic heterocycles. The second-order valence-electron chi connectivity index (χ2n) is 4.84. The summed E-state index contributed by atoms with van der Waals surface area (Å²) in [7, 11) is -3.39. The van der Waals surface area contributed by atoms with Crippen LogP contribution in [-0.2, 0) is 10.0 Å². The normalized spacial score (nSPS) is 18.6. The largest absolute Gasteiger partial charge is 0.317 e. The van der Waals surface area contributed by atoms with Gasteiger partial charge in [-0.2, -0.15) is 4.31 Å². The van der Waals surface area contributed by atoms with Crippen LogP contribution in [0.4, 0.5) is 0 Å². The van der Waals surface area contributed by atoms with Crippen LogP contribution < -0.4 is 5.32 Å². The smallest absolute Gasteiger partial charge is 0.252 e. The highest BCUT2D eigenvalue weighted by Crippen LogP contribution is 2.36. The number of nitrogens with one attached hydrogen (secondary N) is 1. The summed E-state index contributed by atoms with van der Waals surface area (Å²) in [6.07, 6.45) is 1.82. The van der Waals surface area contributed by atoms with Crippen molar-refractivity contribution >= 4 is 48.9 Å². The topological polar surface area (TPSA) is 49.4 Å². The van der Waals surface area contributed by atoms with Crippen LogP contribution in [0.3, 0.4) is 0 Å². The van der Waals surface area contributed by atoms with Crippen molar-refractivity contribution in [1.29, 1.82) is 0 Å². The van der Waals surface area contributed by atoms with Crippen LogP contribution in [0, 0.1) is 5.92 Å². The molecule has 0 spiro atoms. The molecule has 0 saturated carbocycles. The summed E-state index contributed by atoms with van der Waals surface area (Å²) in [6.45, 7) is 5.19. The molecule has 114 valence electrons. The van der Waals surface area contributed by atoms with Gasteiger partial charge in [0.1, 0.15) is 4.21 Å². The van der Waals surface area contributed by atoms with Gasteiger partial charge in [-0.25, -0.2) is 8.42 Å². The third-order valence-electron chi connectivity index (χ3n) is 3.47. The lowest BCUT2D eigenvalue weighted by atomic mass is 9.98. The minimum atomic E-state index is -3.39. The Kier molecular flexibility index (Phi) is 5.90. The molecule has 1 fully saturated rings. The molecule has 0 aliphatic carbocycles. The van der Waals surface area contributed by atoms with Crippen molar-refractivity contribution in [2.45, 2.75) is 24.0 Å². The van der Waals surface area contributed by atoms with E-state index >= 15 is 0 Å². The van der Waals surface area contributed by atoms with Crippen LogP contribution in [0.15, 0.2) is 14.1 Å². The van der Waals surface area contributed by atoms with Crippen molar-refractivity contribution in [1.82, 2.24) is 9.62 Å². The van der Waals surface area contributed by atoms with Crippen molar-refractivity contribution in [3.8, 4) is 0 Å². The Morgan fingerprint density at radius 2 is 2.15 bits per heavy atom. The molecule has 1 N–H and O–H groups in total. The van der Waals surface area contributed by atoms with Gasteiger partial charge in [0.2, 0.25) is 0 Å². The van der Waals surface area contributed by atoms with Gasteiger partial charge in [-0.15, -0.1) is 11.3 Å². The molecule has 0 aromatic carbocycles. The average molecular weight is 402 g/mol. The van der Waals surface area contributed by atoms with Crippen LogP contribution in [-0.4, -0.2) is 38.9 Å². The van der Waals surface area contributed by atoms with Crippen molar-refractivity contribution < 1.29 is 8.42 Å². The van der Waals surface area contributed by atoms with E-state index in [1.54, 1.807) is 4.31 Å². The second kappa shape index (κ2) is 7.07. The van der Waals surface area contributed by atoms with Gasteiger partial charge in [0.15, 0.2) is 0 Å². The van der Waals surface area contributed by atoms with E-state index in [1.807, 2.05) is 0 Å². The van der Waals surface area contributed by atoms with E-state index in [0.717, 1.165) is 25.9 Å². The molecule has 1 aliphatic rings. The Bertz CT molecular complexity index is 534. The van der Waals surface area contributed by atoms with Crippen LogP contribution in [0.25, 0.3) is 0 Å². The summed E-state index contributed by atoms with van der Waals surface area (Å²) in [6, 6.07) is 1.52. The molecule has 2 heterocycles. The Labute approximate surface area is 137 Å². The first-order chi connectivity index (χ1) is 9.45. The molecule has 2 rings (SSSR count). The zero-order valence-corrected chi connectivity index (χ0v) is 15.2. The first kappa shape index (κ1) is 16.7. The zero-order chi connectivity index (χ0) is 14.8. The SMILES string of the molecule is CCNCC1CCN(S(=O)(=O)c2cc(Cl)c(Br)s2)CC1. The van der Waals surface area contributed by atoms with Crippen LogP contribution in [0.5, 0.6) is 0 Å². The maximum absolute atomic E-state index is 12.5. The highest BCUT2D eigenvalue weighted by molar-refractivity contribution is 9.11. The average Bonchev–Trinajstić information content (AvgIpc) is 2.77. The predicted octanol–water partition coefficient (Wildman–Crippen LogP) is 3.17. The van der Waals surface area contributed by atoms with Crippen molar-refractivity contribution in [3.05, 3.63) is 14.9 Å². The van der Waals surface area contributed by atoms with E-state index in [0.29, 0.717) is 32.0 Å². The molecule has 1 aromatic heterocycles. The maximum Gasteiger partial charge on any atom is 0.252 e. The molecular formula is C12H18BrClN2O2S2. The van der Waals surface area contributed by atoms with Crippen molar-refractivity contribution in [2.75, 3.05) is 26.2 Å². The lowest BCUT2D eigenvalue weighted by Crippen LogP contribution is -2.40. The molecule has 0 atom stereocenters. The number of nitrogens with zero attached hydrogens (tertiary/aromatic N) is 1. The fraction of sp³-hybridized carbons (Fsp3) is 0.667. The number of hydrogen-bond donors (Lipinski definition) is 1. The molecule has 0 bridgehead atoms. The number of sulfonamides is 1. The van der Waals surface area contributed by atoms with E-state index in [1.165, 1.54) is 17.4 Å². The molecule has 4 nitrogen and oxygen atoms in total. The number of thiophene rings is 1.